The van der Waals surface area contributed by atoms with Crippen LogP contribution in [0.3, 0.4) is 0 Å². The summed E-state index contributed by atoms with van der Waals surface area (Å²) < 4.78 is 10.6. The molecule has 27 heavy (non-hydrogen) atoms. The Morgan fingerprint density at radius 2 is 1.48 bits per heavy atom. The minimum absolute atomic E-state index is 0.167. The van der Waals surface area contributed by atoms with Crippen molar-refractivity contribution in [1.29, 1.82) is 0 Å². The maximum atomic E-state index is 13.0. The Kier molecular flexibility index (Phi) is 5.39. The van der Waals surface area contributed by atoms with E-state index >= 15 is 0 Å². The van der Waals surface area contributed by atoms with Crippen LogP contribution in [0.15, 0.2) is 35.1 Å². The number of benzene rings is 1. The Hall–Kier alpha value is -3.36. The summed E-state index contributed by atoms with van der Waals surface area (Å²) in [5.74, 6) is 0.386. The number of hydrogen-bond donors (Lipinski definition) is 1. The molecule has 1 aromatic carbocycles. The number of nitrogens with one attached hydrogen (secondary N) is 1. The summed E-state index contributed by atoms with van der Waals surface area (Å²) in [6.45, 7) is 1.47. The topological polar surface area (TPSA) is 105 Å². The van der Waals surface area contributed by atoms with Crippen LogP contribution >= 0.6 is 0 Å². The number of H-pyrrole nitrogens is 1. The minimum Gasteiger partial charge on any atom is -0.496 e. The first-order chi connectivity index (χ1) is 13.0. The average molecular weight is 372 g/mol. The molecule has 2 heterocycles. The third-order valence-corrected chi connectivity index (χ3v) is 4.39. The molecule has 1 saturated heterocycles. The normalized spacial score (nSPS) is 14.0. The first-order valence-corrected chi connectivity index (χ1v) is 8.40. The van der Waals surface area contributed by atoms with E-state index < -0.39 is 0 Å². The highest BCUT2D eigenvalue weighted by Gasteiger charge is 2.29. The van der Waals surface area contributed by atoms with E-state index in [0.29, 0.717) is 43.2 Å². The van der Waals surface area contributed by atoms with Gasteiger partial charge in [0.25, 0.3) is 17.4 Å². The highest BCUT2D eigenvalue weighted by Crippen LogP contribution is 2.29. The average Bonchev–Trinajstić information content (AvgIpc) is 2.72. The number of ether oxygens (including phenoxy) is 2. The molecule has 1 fully saturated rings. The fourth-order valence-electron chi connectivity index (χ4n) is 2.96. The number of hydrogen-bond acceptors (Lipinski definition) is 6. The molecule has 1 aliphatic rings. The van der Waals surface area contributed by atoms with Crippen molar-refractivity contribution in [2.75, 3.05) is 40.4 Å². The molecule has 142 valence electrons. The van der Waals surface area contributed by atoms with Gasteiger partial charge in [0.2, 0.25) is 0 Å². The van der Waals surface area contributed by atoms with Gasteiger partial charge in [0, 0.05) is 32.2 Å². The summed E-state index contributed by atoms with van der Waals surface area (Å²) in [5.41, 5.74) is 0.165. The lowest BCUT2D eigenvalue weighted by Gasteiger charge is -2.35. The summed E-state index contributed by atoms with van der Waals surface area (Å²) >= 11 is 0. The molecule has 0 saturated carbocycles. The predicted molar refractivity (Wildman–Crippen MR) is 96.2 cm³/mol. The van der Waals surface area contributed by atoms with Crippen LogP contribution in [0.4, 0.5) is 0 Å². The fraction of sp³-hybridized carbons (Fsp3) is 0.333. The van der Waals surface area contributed by atoms with E-state index in [0.717, 1.165) is 0 Å². The van der Waals surface area contributed by atoms with Crippen LogP contribution in [0, 0.1) is 0 Å². The zero-order chi connectivity index (χ0) is 19.4. The van der Waals surface area contributed by atoms with Crippen LogP contribution < -0.4 is 15.0 Å². The smallest absolute Gasteiger partial charge is 0.274 e. The lowest BCUT2D eigenvalue weighted by atomic mass is 10.1. The summed E-state index contributed by atoms with van der Waals surface area (Å²) in [6.07, 6.45) is 0. The number of piperazine rings is 1. The highest BCUT2D eigenvalue weighted by atomic mass is 16.5. The maximum Gasteiger partial charge on any atom is 0.274 e. The lowest BCUT2D eigenvalue weighted by Crippen LogP contribution is -2.50. The number of carbonyl (C=O) groups is 2. The van der Waals surface area contributed by atoms with Crippen LogP contribution in [0.5, 0.6) is 11.5 Å². The van der Waals surface area contributed by atoms with Crippen molar-refractivity contribution in [1.82, 2.24) is 20.0 Å². The molecule has 0 aliphatic carbocycles. The quantitative estimate of drug-likeness (QED) is 0.832. The van der Waals surface area contributed by atoms with Crippen LogP contribution in [0.1, 0.15) is 20.8 Å². The van der Waals surface area contributed by atoms with Crippen molar-refractivity contribution in [3.05, 3.63) is 51.9 Å². The first kappa shape index (κ1) is 18.4. The maximum absolute atomic E-state index is 13.0. The van der Waals surface area contributed by atoms with Crippen LogP contribution in [0.25, 0.3) is 0 Å². The molecular weight excluding hydrogens is 352 g/mol. The standard InChI is InChI=1S/C18H20N4O5/c1-26-13-4-3-5-14(27-2)16(13)18(25)22-10-8-21(9-11-22)17(24)12-6-7-15(23)20-19-12/h3-7H,8-11H2,1-2H3,(H,20,23). The zero-order valence-electron chi connectivity index (χ0n) is 15.1. The van der Waals surface area contributed by atoms with Gasteiger partial charge in [0.05, 0.1) is 14.2 Å². The van der Waals surface area contributed by atoms with Crippen molar-refractivity contribution < 1.29 is 19.1 Å². The Morgan fingerprint density at radius 3 is 1.96 bits per heavy atom. The van der Waals surface area contributed by atoms with Gasteiger partial charge in [-0.3, -0.25) is 14.4 Å². The molecular formula is C18H20N4O5. The number of carbonyl (C=O) groups excluding carboxylic acids is 2. The van der Waals surface area contributed by atoms with E-state index in [1.54, 1.807) is 28.0 Å². The number of methoxy groups -OCH3 is 2. The number of rotatable bonds is 4. The van der Waals surface area contributed by atoms with Gasteiger partial charge < -0.3 is 19.3 Å². The summed E-state index contributed by atoms with van der Waals surface area (Å²) in [7, 11) is 3.00. The van der Waals surface area contributed by atoms with E-state index in [-0.39, 0.29) is 23.1 Å². The van der Waals surface area contributed by atoms with Gasteiger partial charge in [-0.2, -0.15) is 5.10 Å². The number of nitrogens with zero attached hydrogens (tertiary/aromatic N) is 3. The number of aromatic amines is 1. The zero-order valence-corrected chi connectivity index (χ0v) is 15.1. The molecule has 9 nitrogen and oxygen atoms in total. The van der Waals surface area contributed by atoms with Crippen LogP contribution in [-0.4, -0.2) is 72.2 Å². The van der Waals surface area contributed by atoms with Gasteiger partial charge in [-0.25, -0.2) is 5.10 Å². The summed E-state index contributed by atoms with van der Waals surface area (Å²) in [6, 6.07) is 7.81. The van der Waals surface area contributed by atoms with Crippen molar-refractivity contribution in [2.45, 2.75) is 0 Å². The van der Waals surface area contributed by atoms with Gasteiger partial charge in [-0.05, 0) is 18.2 Å². The van der Waals surface area contributed by atoms with Crippen molar-refractivity contribution in [3.63, 3.8) is 0 Å². The van der Waals surface area contributed by atoms with Gasteiger partial charge in [0.1, 0.15) is 22.8 Å². The fourth-order valence-corrected chi connectivity index (χ4v) is 2.96. The molecule has 9 heteroatoms. The monoisotopic (exact) mass is 372 g/mol. The lowest BCUT2D eigenvalue weighted by molar-refractivity contribution is 0.0528. The van der Waals surface area contributed by atoms with Gasteiger partial charge in [-0.1, -0.05) is 6.07 Å². The van der Waals surface area contributed by atoms with Gasteiger partial charge in [0.15, 0.2) is 0 Å². The Labute approximate surface area is 155 Å². The number of amides is 2. The van der Waals surface area contributed by atoms with Crippen LogP contribution in [0.2, 0.25) is 0 Å². The van der Waals surface area contributed by atoms with Crippen molar-refractivity contribution >= 4 is 11.8 Å². The second-order valence-electron chi connectivity index (χ2n) is 5.93. The van der Waals surface area contributed by atoms with E-state index in [4.69, 9.17) is 9.47 Å². The summed E-state index contributed by atoms with van der Waals surface area (Å²) in [4.78, 5) is 39.7. The SMILES string of the molecule is COc1cccc(OC)c1C(=O)N1CCN(C(=O)c2ccc(=O)[nH]n2)CC1. The molecule has 0 bridgehead atoms. The summed E-state index contributed by atoms with van der Waals surface area (Å²) in [5, 5.41) is 6.01. The molecule has 0 atom stereocenters. The predicted octanol–water partition coefficient (Wildman–Crippen LogP) is 0.385. The molecule has 2 amide bonds. The molecule has 0 radical (unpaired) electrons. The second kappa shape index (κ2) is 7.90. The van der Waals surface area contributed by atoms with Crippen molar-refractivity contribution in [2.24, 2.45) is 0 Å². The van der Waals surface area contributed by atoms with E-state index in [1.165, 1.54) is 26.4 Å². The molecule has 3 rings (SSSR count). The minimum atomic E-state index is -0.368. The first-order valence-electron chi connectivity index (χ1n) is 8.40. The van der Waals surface area contributed by atoms with E-state index in [2.05, 4.69) is 10.2 Å². The van der Waals surface area contributed by atoms with E-state index in [1.807, 2.05) is 0 Å². The largest absolute Gasteiger partial charge is 0.496 e. The molecule has 0 spiro atoms. The Bertz CT molecular complexity index is 860. The second-order valence-corrected chi connectivity index (χ2v) is 5.93. The molecule has 1 N–H and O–H groups in total. The van der Waals surface area contributed by atoms with Gasteiger partial charge in [-0.15, -0.1) is 0 Å². The van der Waals surface area contributed by atoms with Crippen LogP contribution in [-0.2, 0) is 0 Å². The van der Waals surface area contributed by atoms with Gasteiger partial charge >= 0.3 is 0 Å². The third kappa shape index (κ3) is 3.76. The Morgan fingerprint density at radius 1 is 0.926 bits per heavy atom. The molecule has 1 aromatic heterocycles. The Balaban J connectivity index is 1.71. The third-order valence-electron chi connectivity index (χ3n) is 4.39. The number of aromatic nitrogens is 2. The van der Waals surface area contributed by atoms with Crippen molar-refractivity contribution in [3.8, 4) is 11.5 Å². The molecule has 0 unspecified atom stereocenters. The molecule has 2 aromatic rings. The molecule has 1 aliphatic heterocycles. The highest BCUT2D eigenvalue weighted by molar-refractivity contribution is 6.00. The van der Waals surface area contributed by atoms with E-state index in [9.17, 15) is 14.4 Å².